The molecule has 0 fully saturated rings. The average molecular weight is 280 g/mol. The first-order chi connectivity index (χ1) is 9.20. The third kappa shape index (κ3) is 3.72. The molecule has 1 aromatic heterocycles. The molecule has 0 spiro atoms. The van der Waals surface area contributed by atoms with Crippen LogP contribution in [0.5, 0.6) is 5.75 Å². The number of aromatic nitrogens is 2. The fourth-order valence-corrected chi connectivity index (χ4v) is 2.02. The van der Waals surface area contributed by atoms with E-state index in [0.29, 0.717) is 11.6 Å². The highest BCUT2D eigenvalue weighted by Gasteiger charge is 2.15. The van der Waals surface area contributed by atoms with E-state index in [1.54, 1.807) is 6.20 Å². The van der Waals surface area contributed by atoms with Crippen LogP contribution in [0.3, 0.4) is 0 Å². The summed E-state index contributed by atoms with van der Waals surface area (Å²) in [5.41, 5.74) is 0. The van der Waals surface area contributed by atoms with Crippen LogP contribution in [0.2, 0.25) is 5.02 Å². The Labute approximate surface area is 118 Å². The highest BCUT2D eigenvalue weighted by atomic mass is 35.5. The van der Waals surface area contributed by atoms with E-state index in [9.17, 15) is 0 Å². The smallest absolute Gasteiger partial charge is 0.129 e. The van der Waals surface area contributed by atoms with Crippen molar-refractivity contribution >= 4 is 11.6 Å². The highest BCUT2D eigenvalue weighted by Crippen LogP contribution is 2.18. The van der Waals surface area contributed by atoms with Gasteiger partial charge in [0, 0.05) is 24.5 Å². The molecule has 1 atom stereocenters. The lowest BCUT2D eigenvalue weighted by atomic mass is 10.3. The fourth-order valence-electron chi connectivity index (χ4n) is 1.89. The number of imidazole rings is 1. The first-order valence-corrected chi connectivity index (χ1v) is 6.67. The number of aryl methyl sites for hydroxylation is 1. The number of ether oxygens (including phenoxy) is 1. The van der Waals surface area contributed by atoms with E-state index in [0.717, 1.165) is 18.1 Å². The van der Waals surface area contributed by atoms with Gasteiger partial charge in [0.25, 0.3) is 0 Å². The summed E-state index contributed by atoms with van der Waals surface area (Å²) in [6.07, 6.45) is 3.73. The van der Waals surface area contributed by atoms with Gasteiger partial charge in [-0.2, -0.15) is 0 Å². The molecule has 1 unspecified atom stereocenters. The number of rotatable bonds is 6. The molecule has 4 nitrogen and oxygen atoms in total. The largest absolute Gasteiger partial charge is 0.491 e. The van der Waals surface area contributed by atoms with Gasteiger partial charge in [0.1, 0.15) is 24.2 Å². The van der Waals surface area contributed by atoms with E-state index in [1.807, 2.05) is 42.1 Å². The van der Waals surface area contributed by atoms with Gasteiger partial charge in [0.05, 0.1) is 0 Å². The number of hydrogen-bond donors (Lipinski definition) is 1. The van der Waals surface area contributed by atoms with Crippen molar-refractivity contribution in [3.63, 3.8) is 0 Å². The van der Waals surface area contributed by atoms with Gasteiger partial charge in [-0.05, 0) is 30.8 Å². The summed E-state index contributed by atoms with van der Waals surface area (Å²) in [5.74, 6) is 1.78. The molecule has 0 saturated heterocycles. The zero-order valence-corrected chi connectivity index (χ0v) is 11.9. The van der Waals surface area contributed by atoms with Crippen LogP contribution in [-0.2, 0) is 7.05 Å². The van der Waals surface area contributed by atoms with Gasteiger partial charge in [0.15, 0.2) is 0 Å². The number of benzene rings is 1. The van der Waals surface area contributed by atoms with Crippen LogP contribution in [0.25, 0.3) is 0 Å². The van der Waals surface area contributed by atoms with Gasteiger partial charge in [0.2, 0.25) is 0 Å². The molecule has 0 radical (unpaired) electrons. The quantitative estimate of drug-likeness (QED) is 0.884. The lowest BCUT2D eigenvalue weighted by molar-refractivity contribution is 0.260. The molecule has 0 saturated carbocycles. The Kier molecular flexibility index (Phi) is 4.82. The van der Waals surface area contributed by atoms with Gasteiger partial charge in [-0.25, -0.2) is 4.98 Å². The molecule has 0 amide bonds. The topological polar surface area (TPSA) is 39.1 Å². The van der Waals surface area contributed by atoms with Crippen LogP contribution >= 0.6 is 11.6 Å². The second-order valence-electron chi connectivity index (χ2n) is 4.27. The SMILES string of the molecule is CCNC(COc1ccc(Cl)cc1)c1nccn1C. The second kappa shape index (κ2) is 6.59. The van der Waals surface area contributed by atoms with E-state index < -0.39 is 0 Å². The van der Waals surface area contributed by atoms with Crippen LogP contribution in [-0.4, -0.2) is 22.7 Å². The molecule has 102 valence electrons. The van der Waals surface area contributed by atoms with E-state index in [4.69, 9.17) is 16.3 Å². The second-order valence-corrected chi connectivity index (χ2v) is 4.71. The molecule has 2 aromatic rings. The summed E-state index contributed by atoms with van der Waals surface area (Å²) in [5, 5.41) is 4.08. The molecular weight excluding hydrogens is 262 g/mol. The van der Waals surface area contributed by atoms with Crippen LogP contribution in [0.15, 0.2) is 36.7 Å². The lowest BCUT2D eigenvalue weighted by Gasteiger charge is -2.18. The molecule has 5 heteroatoms. The molecule has 1 heterocycles. The number of halogens is 1. The minimum atomic E-state index is 0.0701. The predicted octanol–water partition coefficient (Wildman–Crippen LogP) is 2.80. The molecule has 2 rings (SSSR count). The van der Waals surface area contributed by atoms with E-state index in [2.05, 4.69) is 17.2 Å². The standard InChI is InChI=1S/C14H18ClN3O/c1-3-16-13(14-17-8-9-18(14)2)10-19-12-6-4-11(15)5-7-12/h4-9,13,16H,3,10H2,1-2H3. The van der Waals surface area contributed by atoms with Crippen molar-refractivity contribution in [3.05, 3.63) is 47.5 Å². The number of nitrogens with one attached hydrogen (secondary N) is 1. The summed E-state index contributed by atoms with van der Waals surface area (Å²) < 4.78 is 7.78. The molecule has 1 N–H and O–H groups in total. The van der Waals surface area contributed by atoms with Crippen molar-refractivity contribution < 1.29 is 4.74 Å². The molecular formula is C14H18ClN3O. The number of nitrogens with zero attached hydrogens (tertiary/aromatic N) is 2. The zero-order valence-electron chi connectivity index (χ0n) is 11.1. The van der Waals surface area contributed by atoms with Crippen LogP contribution in [0.4, 0.5) is 0 Å². The third-order valence-electron chi connectivity index (χ3n) is 2.85. The minimum absolute atomic E-state index is 0.0701. The Morgan fingerprint density at radius 1 is 1.37 bits per heavy atom. The average Bonchev–Trinajstić information content (AvgIpc) is 2.83. The third-order valence-corrected chi connectivity index (χ3v) is 3.10. The van der Waals surface area contributed by atoms with E-state index in [1.165, 1.54) is 0 Å². The Morgan fingerprint density at radius 2 is 2.11 bits per heavy atom. The molecule has 0 bridgehead atoms. The van der Waals surface area contributed by atoms with Crippen molar-refractivity contribution in [2.24, 2.45) is 7.05 Å². The molecule has 0 aliphatic rings. The lowest BCUT2D eigenvalue weighted by Crippen LogP contribution is -2.29. The summed E-state index contributed by atoms with van der Waals surface area (Å²) in [7, 11) is 1.98. The van der Waals surface area contributed by atoms with Crippen molar-refractivity contribution in [1.82, 2.24) is 14.9 Å². The molecule has 0 aliphatic carbocycles. The fraction of sp³-hybridized carbons (Fsp3) is 0.357. The highest BCUT2D eigenvalue weighted by molar-refractivity contribution is 6.30. The van der Waals surface area contributed by atoms with Gasteiger partial charge in [-0.3, -0.25) is 0 Å². The molecule has 1 aromatic carbocycles. The predicted molar refractivity (Wildman–Crippen MR) is 76.6 cm³/mol. The van der Waals surface area contributed by atoms with Crippen LogP contribution < -0.4 is 10.1 Å². The van der Waals surface area contributed by atoms with Crippen LogP contribution in [0.1, 0.15) is 18.8 Å². The first kappa shape index (κ1) is 13.9. The minimum Gasteiger partial charge on any atom is -0.491 e. The Hall–Kier alpha value is -1.52. The maximum Gasteiger partial charge on any atom is 0.129 e. The van der Waals surface area contributed by atoms with Gasteiger partial charge < -0.3 is 14.6 Å². The van der Waals surface area contributed by atoms with Gasteiger partial charge in [-0.15, -0.1) is 0 Å². The summed E-state index contributed by atoms with van der Waals surface area (Å²) >= 11 is 5.84. The Bertz CT molecular complexity index is 510. The summed E-state index contributed by atoms with van der Waals surface area (Å²) in [6, 6.07) is 7.44. The summed E-state index contributed by atoms with van der Waals surface area (Å²) in [4.78, 5) is 4.36. The van der Waals surface area contributed by atoms with E-state index in [-0.39, 0.29) is 6.04 Å². The van der Waals surface area contributed by atoms with Gasteiger partial charge >= 0.3 is 0 Å². The van der Waals surface area contributed by atoms with Crippen molar-refractivity contribution in [2.75, 3.05) is 13.2 Å². The maximum absolute atomic E-state index is 5.84. The molecule has 0 aliphatic heterocycles. The summed E-state index contributed by atoms with van der Waals surface area (Å²) in [6.45, 7) is 3.46. The maximum atomic E-state index is 5.84. The van der Waals surface area contributed by atoms with Gasteiger partial charge in [-0.1, -0.05) is 18.5 Å². The number of hydrogen-bond acceptors (Lipinski definition) is 3. The Morgan fingerprint density at radius 3 is 2.68 bits per heavy atom. The van der Waals surface area contributed by atoms with Crippen molar-refractivity contribution in [3.8, 4) is 5.75 Å². The monoisotopic (exact) mass is 279 g/mol. The first-order valence-electron chi connectivity index (χ1n) is 6.29. The zero-order chi connectivity index (χ0) is 13.7. The normalized spacial score (nSPS) is 12.4. The number of likely N-dealkylation sites (N-methyl/N-ethyl adjacent to an activating group) is 1. The Balaban J connectivity index is 2.01. The van der Waals surface area contributed by atoms with Crippen molar-refractivity contribution in [1.29, 1.82) is 0 Å². The van der Waals surface area contributed by atoms with Crippen LogP contribution in [0, 0.1) is 0 Å². The molecule has 19 heavy (non-hydrogen) atoms. The van der Waals surface area contributed by atoms with E-state index >= 15 is 0 Å². The van der Waals surface area contributed by atoms with Crippen molar-refractivity contribution in [2.45, 2.75) is 13.0 Å².